The minimum atomic E-state index is -0.304. The summed E-state index contributed by atoms with van der Waals surface area (Å²) in [5.74, 6) is 1.05. The highest BCUT2D eigenvalue weighted by Crippen LogP contribution is 2.28. The van der Waals surface area contributed by atoms with Crippen molar-refractivity contribution in [1.82, 2.24) is 9.97 Å². The van der Waals surface area contributed by atoms with E-state index in [0.717, 1.165) is 28.6 Å². The predicted octanol–water partition coefficient (Wildman–Crippen LogP) is 3.51. The lowest BCUT2D eigenvalue weighted by Crippen LogP contribution is -2.12. The number of hydrogen-bond acceptors (Lipinski definition) is 4. The first-order valence-electron chi connectivity index (χ1n) is 6.56. The molecule has 0 radical (unpaired) electrons. The Hall–Kier alpha value is -1.46. The predicted molar refractivity (Wildman–Crippen MR) is 83.4 cm³/mol. The molecule has 1 aromatic carbocycles. The third-order valence-electron chi connectivity index (χ3n) is 3.02. The van der Waals surface area contributed by atoms with Crippen LogP contribution in [0.25, 0.3) is 0 Å². The molecule has 5 heteroatoms. The molecule has 0 spiro atoms. The van der Waals surface area contributed by atoms with Gasteiger partial charge >= 0.3 is 0 Å². The number of aromatic nitrogens is 2. The van der Waals surface area contributed by atoms with Crippen molar-refractivity contribution in [1.29, 1.82) is 0 Å². The van der Waals surface area contributed by atoms with Crippen LogP contribution in [-0.2, 0) is 11.2 Å². The number of nitrogen functional groups attached to an aromatic ring is 1. The highest BCUT2D eigenvalue weighted by molar-refractivity contribution is 9.10. The van der Waals surface area contributed by atoms with Crippen LogP contribution in [0.5, 0.6) is 0 Å². The Labute approximate surface area is 127 Å². The summed E-state index contributed by atoms with van der Waals surface area (Å²) in [6.45, 7) is 2.11. The second-order valence-corrected chi connectivity index (χ2v) is 5.30. The van der Waals surface area contributed by atoms with Crippen LogP contribution in [0.3, 0.4) is 0 Å². The average molecular weight is 336 g/mol. The molecule has 0 aliphatic heterocycles. The topological polar surface area (TPSA) is 61.0 Å². The SMILES string of the molecule is CCCc1nc(C(OC)c2ccccc2)nc(N)c1Br. The van der Waals surface area contributed by atoms with Gasteiger partial charge in [0.25, 0.3) is 0 Å². The number of aryl methyl sites for hydroxylation is 1. The lowest BCUT2D eigenvalue weighted by atomic mass is 10.1. The van der Waals surface area contributed by atoms with E-state index in [1.807, 2.05) is 30.3 Å². The fourth-order valence-electron chi connectivity index (χ4n) is 2.07. The van der Waals surface area contributed by atoms with Crippen LogP contribution in [0.2, 0.25) is 0 Å². The van der Waals surface area contributed by atoms with Crippen LogP contribution in [0.15, 0.2) is 34.8 Å². The van der Waals surface area contributed by atoms with Gasteiger partial charge in [0.05, 0.1) is 10.2 Å². The molecule has 0 aliphatic carbocycles. The van der Waals surface area contributed by atoms with Crippen molar-refractivity contribution in [3.05, 3.63) is 51.9 Å². The standard InChI is InChI=1S/C15H18BrN3O/c1-3-7-11-12(16)14(17)19-15(18-11)13(20-2)10-8-5-4-6-9-10/h4-6,8-9,13H,3,7H2,1-2H3,(H2,17,18,19). The molecule has 0 saturated carbocycles. The highest BCUT2D eigenvalue weighted by Gasteiger charge is 2.19. The zero-order valence-electron chi connectivity index (χ0n) is 11.6. The number of methoxy groups -OCH3 is 1. The van der Waals surface area contributed by atoms with Crippen molar-refractivity contribution in [2.24, 2.45) is 0 Å². The van der Waals surface area contributed by atoms with E-state index in [1.165, 1.54) is 0 Å². The van der Waals surface area contributed by atoms with E-state index < -0.39 is 0 Å². The van der Waals surface area contributed by atoms with Crippen molar-refractivity contribution in [3.63, 3.8) is 0 Å². The number of nitrogens with zero attached hydrogens (tertiary/aromatic N) is 2. The van der Waals surface area contributed by atoms with E-state index in [2.05, 4.69) is 32.8 Å². The van der Waals surface area contributed by atoms with E-state index in [-0.39, 0.29) is 6.10 Å². The molecule has 0 aliphatic rings. The zero-order valence-corrected chi connectivity index (χ0v) is 13.2. The van der Waals surface area contributed by atoms with Gasteiger partial charge in [0, 0.05) is 7.11 Å². The van der Waals surface area contributed by atoms with Crippen molar-refractivity contribution in [3.8, 4) is 0 Å². The molecule has 0 fully saturated rings. The quantitative estimate of drug-likeness (QED) is 0.908. The van der Waals surface area contributed by atoms with Gasteiger partial charge < -0.3 is 10.5 Å². The fraction of sp³-hybridized carbons (Fsp3) is 0.333. The summed E-state index contributed by atoms with van der Waals surface area (Å²) in [6, 6.07) is 9.90. The molecule has 2 N–H and O–H groups in total. The summed E-state index contributed by atoms with van der Waals surface area (Å²) in [7, 11) is 1.65. The van der Waals surface area contributed by atoms with Gasteiger partial charge in [0.2, 0.25) is 0 Å². The third kappa shape index (κ3) is 3.16. The lowest BCUT2D eigenvalue weighted by Gasteiger charge is -2.16. The molecule has 1 heterocycles. The third-order valence-corrected chi connectivity index (χ3v) is 3.89. The average Bonchev–Trinajstić information content (AvgIpc) is 2.46. The Kier molecular flexibility index (Phi) is 5.09. The van der Waals surface area contributed by atoms with Crippen LogP contribution < -0.4 is 5.73 Å². The number of halogens is 1. The number of nitrogens with two attached hydrogens (primary N) is 1. The molecular weight excluding hydrogens is 318 g/mol. The van der Waals surface area contributed by atoms with E-state index in [1.54, 1.807) is 7.11 Å². The molecule has 1 atom stereocenters. The molecule has 4 nitrogen and oxygen atoms in total. The monoisotopic (exact) mass is 335 g/mol. The summed E-state index contributed by atoms with van der Waals surface area (Å²) in [6.07, 6.45) is 1.55. The Balaban J connectivity index is 2.45. The Morgan fingerprint density at radius 1 is 1.25 bits per heavy atom. The lowest BCUT2D eigenvalue weighted by molar-refractivity contribution is 0.129. The maximum absolute atomic E-state index is 5.97. The highest BCUT2D eigenvalue weighted by atomic mass is 79.9. The van der Waals surface area contributed by atoms with Gasteiger partial charge in [-0.25, -0.2) is 9.97 Å². The normalized spacial score (nSPS) is 12.3. The second kappa shape index (κ2) is 6.81. The maximum atomic E-state index is 5.97. The smallest absolute Gasteiger partial charge is 0.164 e. The van der Waals surface area contributed by atoms with Crippen LogP contribution in [0.1, 0.15) is 36.5 Å². The summed E-state index contributed by atoms with van der Waals surface area (Å²) >= 11 is 3.45. The van der Waals surface area contributed by atoms with Gasteiger partial charge in [-0.1, -0.05) is 43.7 Å². The van der Waals surface area contributed by atoms with Gasteiger partial charge in [-0.2, -0.15) is 0 Å². The maximum Gasteiger partial charge on any atom is 0.164 e. The molecular formula is C15H18BrN3O. The molecule has 20 heavy (non-hydrogen) atoms. The first-order chi connectivity index (χ1) is 9.67. The minimum absolute atomic E-state index is 0.304. The largest absolute Gasteiger partial charge is 0.383 e. The molecule has 2 aromatic rings. The first kappa shape index (κ1) is 14.9. The molecule has 0 bridgehead atoms. The van der Waals surface area contributed by atoms with E-state index in [4.69, 9.17) is 10.5 Å². The zero-order chi connectivity index (χ0) is 14.5. The van der Waals surface area contributed by atoms with Gasteiger partial charge in [-0.3, -0.25) is 0 Å². The molecule has 2 rings (SSSR count). The number of ether oxygens (including phenoxy) is 1. The molecule has 106 valence electrons. The van der Waals surface area contributed by atoms with Gasteiger partial charge in [-0.05, 0) is 27.9 Å². The number of anilines is 1. The number of rotatable bonds is 5. The molecule has 0 saturated heterocycles. The summed E-state index contributed by atoms with van der Waals surface area (Å²) in [4.78, 5) is 8.97. The fourth-order valence-corrected chi connectivity index (χ4v) is 2.45. The Bertz CT molecular complexity index is 575. The number of benzene rings is 1. The Morgan fingerprint density at radius 3 is 2.55 bits per heavy atom. The van der Waals surface area contributed by atoms with E-state index in [0.29, 0.717) is 11.6 Å². The summed E-state index contributed by atoms with van der Waals surface area (Å²) in [5, 5.41) is 0. The van der Waals surface area contributed by atoms with Crippen molar-refractivity contribution < 1.29 is 4.74 Å². The summed E-state index contributed by atoms with van der Waals surface area (Å²) in [5.41, 5.74) is 7.91. The van der Waals surface area contributed by atoms with Crippen molar-refractivity contribution >= 4 is 21.7 Å². The van der Waals surface area contributed by atoms with Gasteiger partial charge in [0.1, 0.15) is 11.9 Å². The van der Waals surface area contributed by atoms with Crippen LogP contribution >= 0.6 is 15.9 Å². The molecule has 0 amide bonds. The first-order valence-corrected chi connectivity index (χ1v) is 7.36. The second-order valence-electron chi connectivity index (χ2n) is 4.50. The van der Waals surface area contributed by atoms with E-state index in [9.17, 15) is 0 Å². The molecule has 1 unspecified atom stereocenters. The molecule has 1 aromatic heterocycles. The summed E-state index contributed by atoms with van der Waals surface area (Å²) < 4.78 is 6.34. The minimum Gasteiger partial charge on any atom is -0.383 e. The van der Waals surface area contributed by atoms with Crippen molar-refractivity contribution in [2.45, 2.75) is 25.9 Å². The number of hydrogen-bond donors (Lipinski definition) is 1. The van der Waals surface area contributed by atoms with Gasteiger partial charge in [0.15, 0.2) is 5.82 Å². The van der Waals surface area contributed by atoms with Gasteiger partial charge in [-0.15, -0.1) is 0 Å². The van der Waals surface area contributed by atoms with E-state index >= 15 is 0 Å². The Morgan fingerprint density at radius 2 is 1.95 bits per heavy atom. The van der Waals surface area contributed by atoms with Crippen LogP contribution in [-0.4, -0.2) is 17.1 Å². The van der Waals surface area contributed by atoms with Crippen LogP contribution in [0.4, 0.5) is 5.82 Å². The van der Waals surface area contributed by atoms with Crippen LogP contribution in [0, 0.1) is 0 Å². The van der Waals surface area contributed by atoms with Crippen molar-refractivity contribution in [2.75, 3.05) is 12.8 Å².